The molecule has 0 aliphatic rings. The Hall–Kier alpha value is -2.15. The van der Waals surface area contributed by atoms with Gasteiger partial charge in [-0.2, -0.15) is 0 Å². The number of halogens is 2. The van der Waals surface area contributed by atoms with E-state index in [-0.39, 0.29) is 18.0 Å². The third-order valence-corrected chi connectivity index (χ3v) is 4.40. The minimum Gasteiger partial charge on any atom is -0.492 e. The second kappa shape index (κ2) is 7.41. The molecule has 0 aliphatic carbocycles. The molecule has 2 aromatic rings. The largest absolute Gasteiger partial charge is 0.492 e. The van der Waals surface area contributed by atoms with Crippen LogP contribution in [0.25, 0.3) is 0 Å². The summed E-state index contributed by atoms with van der Waals surface area (Å²) in [6, 6.07) is 10.2. The predicted octanol–water partition coefficient (Wildman–Crippen LogP) is 3.35. The van der Waals surface area contributed by atoms with Crippen LogP contribution in [0.3, 0.4) is 0 Å². The summed E-state index contributed by atoms with van der Waals surface area (Å²) >= 11 is 0. The molecule has 0 heterocycles. The number of ether oxygens (including phenoxy) is 1. The monoisotopic (exact) mass is 341 g/mol. The van der Waals surface area contributed by atoms with Gasteiger partial charge in [-0.25, -0.2) is 17.2 Å². The molecule has 0 atom stereocenters. The summed E-state index contributed by atoms with van der Waals surface area (Å²) in [5.74, 6) is -1.88. The van der Waals surface area contributed by atoms with E-state index in [4.69, 9.17) is 4.74 Å². The molecule has 4 nitrogen and oxygen atoms in total. The Bertz CT molecular complexity index is 761. The molecule has 0 bridgehead atoms. The van der Waals surface area contributed by atoms with Crippen molar-refractivity contribution >= 4 is 15.7 Å². The van der Waals surface area contributed by atoms with Gasteiger partial charge in [0.1, 0.15) is 18.1 Å². The number of hydrogen-bond donors (Lipinski definition) is 1. The third-order valence-electron chi connectivity index (χ3n) is 3.15. The van der Waals surface area contributed by atoms with Gasteiger partial charge in [0.05, 0.1) is 5.69 Å². The van der Waals surface area contributed by atoms with Crippen LogP contribution in [0.2, 0.25) is 0 Å². The normalized spacial score (nSPS) is 11.3. The molecule has 0 aromatic heterocycles. The maximum atomic E-state index is 13.1. The number of aryl methyl sites for hydroxylation is 1. The lowest BCUT2D eigenvalue weighted by Gasteiger charge is -2.10. The molecule has 0 amide bonds. The molecular formula is C16H17F2NO3S. The van der Waals surface area contributed by atoms with Crippen molar-refractivity contribution in [3.8, 4) is 5.75 Å². The van der Waals surface area contributed by atoms with Crippen LogP contribution in [0, 0.1) is 11.6 Å². The molecule has 0 saturated heterocycles. The molecule has 0 spiro atoms. The Balaban J connectivity index is 1.89. The van der Waals surface area contributed by atoms with Crippen LogP contribution in [0.1, 0.15) is 12.5 Å². The van der Waals surface area contributed by atoms with Gasteiger partial charge in [0, 0.05) is 6.07 Å². The van der Waals surface area contributed by atoms with E-state index in [2.05, 4.69) is 4.72 Å². The average Bonchev–Trinajstić information content (AvgIpc) is 2.51. The van der Waals surface area contributed by atoms with Crippen molar-refractivity contribution in [2.24, 2.45) is 0 Å². The van der Waals surface area contributed by atoms with Crippen molar-refractivity contribution in [1.82, 2.24) is 0 Å². The lowest BCUT2D eigenvalue weighted by Crippen LogP contribution is -2.21. The van der Waals surface area contributed by atoms with E-state index in [1.165, 1.54) is 0 Å². The van der Waals surface area contributed by atoms with Crippen LogP contribution in [0.5, 0.6) is 5.75 Å². The van der Waals surface area contributed by atoms with Crippen LogP contribution >= 0.6 is 0 Å². The number of benzene rings is 2. The zero-order chi connectivity index (χ0) is 16.9. The quantitative estimate of drug-likeness (QED) is 0.840. The van der Waals surface area contributed by atoms with Gasteiger partial charge in [0.25, 0.3) is 0 Å². The van der Waals surface area contributed by atoms with Crippen molar-refractivity contribution in [3.05, 3.63) is 59.7 Å². The van der Waals surface area contributed by atoms with Crippen LogP contribution in [0.4, 0.5) is 14.5 Å². The van der Waals surface area contributed by atoms with Gasteiger partial charge < -0.3 is 4.74 Å². The molecule has 23 heavy (non-hydrogen) atoms. The van der Waals surface area contributed by atoms with Crippen LogP contribution in [-0.2, 0) is 16.4 Å². The van der Waals surface area contributed by atoms with E-state index in [0.29, 0.717) is 5.75 Å². The summed E-state index contributed by atoms with van der Waals surface area (Å²) < 4.78 is 57.2. The zero-order valence-corrected chi connectivity index (χ0v) is 13.4. The molecule has 0 aliphatic heterocycles. The topological polar surface area (TPSA) is 55.4 Å². The minimum atomic E-state index is -3.71. The lowest BCUT2D eigenvalue weighted by atomic mass is 10.2. The first kappa shape index (κ1) is 17.2. The van der Waals surface area contributed by atoms with E-state index in [1.807, 2.05) is 19.1 Å². The van der Waals surface area contributed by atoms with E-state index in [1.54, 1.807) is 12.1 Å². The van der Waals surface area contributed by atoms with E-state index >= 15 is 0 Å². The summed E-state index contributed by atoms with van der Waals surface area (Å²) in [5, 5.41) is 0. The number of sulfonamides is 1. The van der Waals surface area contributed by atoms with Crippen molar-refractivity contribution < 1.29 is 21.9 Å². The predicted molar refractivity (Wildman–Crippen MR) is 85.1 cm³/mol. The minimum absolute atomic E-state index is 0.0313. The number of anilines is 1. The van der Waals surface area contributed by atoms with Gasteiger partial charge in [0.2, 0.25) is 10.0 Å². The first-order chi connectivity index (χ1) is 10.9. The fourth-order valence-electron chi connectivity index (χ4n) is 1.88. The van der Waals surface area contributed by atoms with Crippen molar-refractivity contribution in [1.29, 1.82) is 0 Å². The second-order valence-corrected chi connectivity index (χ2v) is 6.74. The molecule has 0 unspecified atom stereocenters. The first-order valence-electron chi connectivity index (χ1n) is 7.07. The third kappa shape index (κ3) is 5.21. The number of hydrogen-bond acceptors (Lipinski definition) is 3. The van der Waals surface area contributed by atoms with Crippen LogP contribution < -0.4 is 9.46 Å². The van der Waals surface area contributed by atoms with Gasteiger partial charge in [0.15, 0.2) is 11.6 Å². The fourth-order valence-corrected chi connectivity index (χ4v) is 2.77. The fraction of sp³-hybridized carbons (Fsp3) is 0.250. The molecule has 0 radical (unpaired) electrons. The SMILES string of the molecule is CCc1ccc(OCCS(=O)(=O)Nc2ccc(F)c(F)c2)cc1. The Labute approximate surface area is 134 Å². The Kier molecular flexibility index (Phi) is 5.54. The molecule has 2 aromatic carbocycles. The highest BCUT2D eigenvalue weighted by Gasteiger charge is 2.12. The van der Waals surface area contributed by atoms with Gasteiger partial charge in [-0.05, 0) is 36.2 Å². The van der Waals surface area contributed by atoms with Crippen LogP contribution in [-0.4, -0.2) is 20.8 Å². The van der Waals surface area contributed by atoms with Crippen molar-refractivity contribution in [2.45, 2.75) is 13.3 Å². The highest BCUT2D eigenvalue weighted by atomic mass is 32.2. The molecule has 1 N–H and O–H groups in total. The van der Waals surface area contributed by atoms with Gasteiger partial charge in [-0.15, -0.1) is 0 Å². The molecule has 7 heteroatoms. The summed E-state index contributed by atoms with van der Waals surface area (Å²) in [6.07, 6.45) is 0.910. The lowest BCUT2D eigenvalue weighted by molar-refractivity contribution is 0.341. The van der Waals surface area contributed by atoms with Crippen molar-refractivity contribution in [3.63, 3.8) is 0 Å². The first-order valence-corrected chi connectivity index (χ1v) is 8.72. The highest BCUT2D eigenvalue weighted by Crippen LogP contribution is 2.15. The molecule has 0 saturated carbocycles. The maximum Gasteiger partial charge on any atom is 0.236 e. The van der Waals surface area contributed by atoms with Crippen molar-refractivity contribution in [2.75, 3.05) is 17.1 Å². The van der Waals surface area contributed by atoms with Gasteiger partial charge in [-0.3, -0.25) is 4.72 Å². The molecule has 124 valence electrons. The summed E-state index contributed by atoms with van der Waals surface area (Å²) in [6.45, 7) is 1.98. The van der Waals surface area contributed by atoms with E-state index in [0.717, 1.165) is 30.2 Å². The smallest absolute Gasteiger partial charge is 0.236 e. The highest BCUT2D eigenvalue weighted by molar-refractivity contribution is 7.92. The summed E-state index contributed by atoms with van der Waals surface area (Å²) in [7, 11) is -3.71. The zero-order valence-electron chi connectivity index (χ0n) is 12.6. The summed E-state index contributed by atoms with van der Waals surface area (Å²) in [4.78, 5) is 0. The van der Waals surface area contributed by atoms with E-state index in [9.17, 15) is 17.2 Å². The summed E-state index contributed by atoms with van der Waals surface area (Å²) in [5.41, 5.74) is 1.13. The average molecular weight is 341 g/mol. The van der Waals surface area contributed by atoms with Crippen LogP contribution in [0.15, 0.2) is 42.5 Å². The van der Waals surface area contributed by atoms with Gasteiger partial charge in [-0.1, -0.05) is 19.1 Å². The number of nitrogens with one attached hydrogen (secondary N) is 1. The Morgan fingerprint density at radius 2 is 1.74 bits per heavy atom. The number of rotatable bonds is 7. The van der Waals surface area contributed by atoms with E-state index < -0.39 is 21.7 Å². The standard InChI is InChI=1S/C16H17F2NO3S/c1-2-12-3-6-14(7-4-12)22-9-10-23(20,21)19-13-5-8-15(17)16(18)11-13/h3-8,11,19H,2,9-10H2,1H3. The molecule has 2 rings (SSSR count). The molecular weight excluding hydrogens is 324 g/mol. The second-order valence-electron chi connectivity index (χ2n) is 4.90. The molecule has 0 fully saturated rings. The Morgan fingerprint density at radius 1 is 1.04 bits per heavy atom. The Morgan fingerprint density at radius 3 is 2.35 bits per heavy atom. The maximum absolute atomic E-state index is 13.1. The van der Waals surface area contributed by atoms with Gasteiger partial charge >= 0.3 is 0 Å².